The molecule has 0 radical (unpaired) electrons. The highest BCUT2D eigenvalue weighted by Crippen LogP contribution is 2.24. The first-order chi connectivity index (χ1) is 9.29. The summed E-state index contributed by atoms with van der Waals surface area (Å²) in [6.45, 7) is 1.84. The highest BCUT2D eigenvalue weighted by atomic mass is 16.3. The Hall–Kier alpha value is -2.69. The molecule has 0 aliphatic carbocycles. The molecule has 4 rings (SSSR count). The number of pyridine rings is 1. The molecule has 0 amide bonds. The summed E-state index contributed by atoms with van der Waals surface area (Å²) in [6, 6.07) is 7.71. The number of aromatic amines is 1. The Balaban J connectivity index is 1.96. The van der Waals surface area contributed by atoms with Crippen LogP contribution in [0.3, 0.4) is 0 Å². The van der Waals surface area contributed by atoms with E-state index in [1.807, 2.05) is 31.2 Å². The minimum Gasteiger partial charge on any atom is -0.441 e. The smallest absolute Gasteiger partial charge is 0.192 e. The maximum Gasteiger partial charge on any atom is 0.192 e. The highest BCUT2D eigenvalue weighted by Gasteiger charge is 2.09. The molecule has 0 unspecified atom stereocenters. The molecule has 3 aromatic heterocycles. The fraction of sp³-hybridized carbons (Fsp3) is 0.0714. The summed E-state index contributed by atoms with van der Waals surface area (Å²) >= 11 is 0. The summed E-state index contributed by atoms with van der Waals surface area (Å²) in [4.78, 5) is 16.2. The van der Waals surface area contributed by atoms with Gasteiger partial charge < -0.3 is 9.40 Å². The first-order valence-electron chi connectivity index (χ1n) is 5.97. The van der Waals surface area contributed by atoms with Crippen LogP contribution in [0.4, 0.5) is 0 Å². The monoisotopic (exact) mass is 250 g/mol. The van der Waals surface area contributed by atoms with Gasteiger partial charge in [-0.3, -0.25) is 4.98 Å². The Bertz CT molecular complexity index is 825. The Morgan fingerprint density at radius 2 is 1.89 bits per heavy atom. The number of nitrogens with one attached hydrogen (secondary N) is 1. The van der Waals surface area contributed by atoms with Crippen LogP contribution >= 0.6 is 0 Å². The number of hydrogen-bond acceptors (Lipinski definition) is 4. The zero-order valence-electron chi connectivity index (χ0n) is 10.2. The molecule has 4 aromatic rings. The SMILES string of the molecule is Cc1nc2cc3[nH]c(-c4ccncc4)nc3cc2o1. The highest BCUT2D eigenvalue weighted by molar-refractivity contribution is 5.91. The molecule has 1 aromatic carbocycles. The molecule has 3 heterocycles. The van der Waals surface area contributed by atoms with Gasteiger partial charge in [-0.05, 0) is 18.2 Å². The number of aromatic nitrogens is 4. The molecule has 0 saturated carbocycles. The average Bonchev–Trinajstić information content (AvgIpc) is 2.98. The summed E-state index contributed by atoms with van der Waals surface area (Å²) in [5.41, 5.74) is 4.43. The van der Waals surface area contributed by atoms with Crippen molar-refractivity contribution in [3.8, 4) is 11.4 Å². The molecule has 5 heteroatoms. The second-order valence-corrected chi connectivity index (χ2v) is 4.39. The molecule has 5 nitrogen and oxygen atoms in total. The number of nitrogens with zero attached hydrogens (tertiary/aromatic N) is 3. The van der Waals surface area contributed by atoms with E-state index in [4.69, 9.17) is 4.42 Å². The van der Waals surface area contributed by atoms with Gasteiger partial charge in [-0.25, -0.2) is 9.97 Å². The lowest BCUT2D eigenvalue weighted by Gasteiger charge is -1.92. The lowest BCUT2D eigenvalue weighted by atomic mass is 10.3. The van der Waals surface area contributed by atoms with Gasteiger partial charge in [-0.2, -0.15) is 0 Å². The molecule has 1 N–H and O–H groups in total. The maximum absolute atomic E-state index is 5.52. The Kier molecular flexibility index (Phi) is 1.97. The lowest BCUT2D eigenvalue weighted by Crippen LogP contribution is -1.79. The van der Waals surface area contributed by atoms with E-state index in [-0.39, 0.29) is 0 Å². The lowest BCUT2D eigenvalue weighted by molar-refractivity contribution is 0.561. The molecule has 0 atom stereocenters. The van der Waals surface area contributed by atoms with Crippen molar-refractivity contribution in [1.29, 1.82) is 0 Å². The summed E-state index contributed by atoms with van der Waals surface area (Å²) in [5.74, 6) is 1.48. The molecule has 0 aliphatic rings. The van der Waals surface area contributed by atoms with Gasteiger partial charge in [0.25, 0.3) is 0 Å². The van der Waals surface area contributed by atoms with Crippen molar-refractivity contribution in [2.45, 2.75) is 6.92 Å². The standard InChI is InChI=1S/C14H10N4O/c1-8-16-12-6-10-11(7-13(12)19-8)18-14(17-10)9-2-4-15-5-3-9/h2-7H,1H3,(H,17,18). The van der Waals surface area contributed by atoms with Gasteiger partial charge in [0, 0.05) is 30.9 Å². The fourth-order valence-corrected chi connectivity index (χ4v) is 2.19. The predicted molar refractivity (Wildman–Crippen MR) is 71.6 cm³/mol. The van der Waals surface area contributed by atoms with Crippen molar-refractivity contribution in [1.82, 2.24) is 19.9 Å². The number of aryl methyl sites for hydroxylation is 1. The molecule has 19 heavy (non-hydrogen) atoms. The van der Waals surface area contributed by atoms with E-state index in [9.17, 15) is 0 Å². The molecule has 0 spiro atoms. The van der Waals surface area contributed by atoms with Crippen LogP contribution in [0, 0.1) is 6.92 Å². The van der Waals surface area contributed by atoms with Crippen LogP contribution in [0.2, 0.25) is 0 Å². The van der Waals surface area contributed by atoms with Gasteiger partial charge in [0.1, 0.15) is 11.3 Å². The first kappa shape index (κ1) is 10.3. The number of hydrogen-bond donors (Lipinski definition) is 1. The van der Waals surface area contributed by atoms with Crippen molar-refractivity contribution in [3.63, 3.8) is 0 Å². The third kappa shape index (κ3) is 1.59. The van der Waals surface area contributed by atoms with E-state index in [1.54, 1.807) is 12.4 Å². The number of benzene rings is 1. The molecular formula is C14H10N4O. The van der Waals surface area contributed by atoms with Crippen molar-refractivity contribution in [2.75, 3.05) is 0 Å². The van der Waals surface area contributed by atoms with Gasteiger partial charge in [-0.15, -0.1) is 0 Å². The second kappa shape index (κ2) is 3.65. The minimum atomic E-state index is 0.664. The second-order valence-electron chi connectivity index (χ2n) is 4.39. The number of fused-ring (bicyclic) bond motifs is 2. The molecule has 92 valence electrons. The van der Waals surface area contributed by atoms with Crippen molar-refractivity contribution < 1.29 is 4.42 Å². The summed E-state index contributed by atoms with van der Waals surface area (Å²) in [7, 11) is 0. The zero-order valence-corrected chi connectivity index (χ0v) is 10.2. The van der Waals surface area contributed by atoms with Gasteiger partial charge in [0.15, 0.2) is 11.5 Å². The normalized spacial score (nSPS) is 11.4. The van der Waals surface area contributed by atoms with E-state index in [0.29, 0.717) is 5.89 Å². The van der Waals surface area contributed by atoms with Crippen LogP contribution in [0.15, 0.2) is 41.1 Å². The van der Waals surface area contributed by atoms with Crippen LogP contribution in [-0.2, 0) is 0 Å². The minimum absolute atomic E-state index is 0.664. The first-order valence-corrected chi connectivity index (χ1v) is 5.97. The Morgan fingerprint density at radius 1 is 1.05 bits per heavy atom. The zero-order chi connectivity index (χ0) is 12.8. The van der Waals surface area contributed by atoms with Crippen molar-refractivity contribution in [2.24, 2.45) is 0 Å². The summed E-state index contributed by atoms with van der Waals surface area (Å²) < 4.78 is 5.52. The van der Waals surface area contributed by atoms with Gasteiger partial charge in [0.05, 0.1) is 11.0 Å². The maximum atomic E-state index is 5.52. The van der Waals surface area contributed by atoms with E-state index in [2.05, 4.69) is 19.9 Å². The van der Waals surface area contributed by atoms with Crippen LogP contribution in [0.25, 0.3) is 33.5 Å². The van der Waals surface area contributed by atoms with Gasteiger partial charge >= 0.3 is 0 Å². The number of oxazole rings is 1. The number of imidazole rings is 1. The fourth-order valence-electron chi connectivity index (χ4n) is 2.19. The van der Waals surface area contributed by atoms with E-state index in [1.165, 1.54) is 0 Å². The molecule has 0 saturated heterocycles. The predicted octanol–water partition coefficient (Wildman–Crippen LogP) is 3.07. The van der Waals surface area contributed by atoms with Crippen LogP contribution < -0.4 is 0 Å². The molecule has 0 fully saturated rings. The third-order valence-corrected chi connectivity index (χ3v) is 3.05. The van der Waals surface area contributed by atoms with E-state index < -0.39 is 0 Å². The van der Waals surface area contributed by atoms with Crippen LogP contribution in [0.5, 0.6) is 0 Å². The molecule has 0 aliphatic heterocycles. The van der Waals surface area contributed by atoms with Gasteiger partial charge in [0.2, 0.25) is 0 Å². The van der Waals surface area contributed by atoms with E-state index >= 15 is 0 Å². The number of H-pyrrole nitrogens is 1. The summed E-state index contributed by atoms with van der Waals surface area (Å²) in [5, 5.41) is 0. The molecule has 0 bridgehead atoms. The van der Waals surface area contributed by atoms with Crippen LogP contribution in [0.1, 0.15) is 5.89 Å². The topological polar surface area (TPSA) is 67.6 Å². The largest absolute Gasteiger partial charge is 0.441 e. The summed E-state index contributed by atoms with van der Waals surface area (Å²) in [6.07, 6.45) is 3.50. The number of rotatable bonds is 1. The van der Waals surface area contributed by atoms with E-state index in [0.717, 1.165) is 33.5 Å². The van der Waals surface area contributed by atoms with Gasteiger partial charge in [-0.1, -0.05) is 0 Å². The Labute approximate surface area is 108 Å². The Morgan fingerprint density at radius 3 is 2.74 bits per heavy atom. The third-order valence-electron chi connectivity index (χ3n) is 3.05. The molecular weight excluding hydrogens is 240 g/mol. The van der Waals surface area contributed by atoms with Crippen molar-refractivity contribution >= 4 is 22.1 Å². The van der Waals surface area contributed by atoms with Crippen LogP contribution in [-0.4, -0.2) is 19.9 Å². The van der Waals surface area contributed by atoms with Crippen molar-refractivity contribution in [3.05, 3.63) is 42.5 Å². The average molecular weight is 250 g/mol. The quantitative estimate of drug-likeness (QED) is 0.563.